The van der Waals surface area contributed by atoms with Gasteiger partial charge in [0, 0.05) is 24.8 Å². The molecule has 4 N–H and O–H groups in total. The number of aliphatic hydroxyl groups is 1. The molecule has 1 fully saturated rings. The minimum Gasteiger partial charge on any atom is -0.457 e. The fourth-order valence-electron chi connectivity index (χ4n) is 4.91. The Morgan fingerprint density at radius 2 is 1.97 bits per heavy atom. The summed E-state index contributed by atoms with van der Waals surface area (Å²) in [4.78, 5) is 32.7. The Bertz CT molecular complexity index is 1340. The Balaban J connectivity index is 1.28. The molecular weight excluding hydrogens is 478 g/mol. The molecule has 36 heavy (non-hydrogen) atoms. The maximum absolute atomic E-state index is 13.4. The van der Waals surface area contributed by atoms with Gasteiger partial charge in [-0.1, -0.05) is 30.0 Å². The summed E-state index contributed by atoms with van der Waals surface area (Å²) in [5.41, 5.74) is 3.12. The molecule has 9 nitrogen and oxygen atoms in total. The molecule has 0 saturated carbocycles. The lowest BCUT2D eigenvalue weighted by atomic mass is 9.99. The van der Waals surface area contributed by atoms with Gasteiger partial charge in [0.1, 0.15) is 21.8 Å². The normalized spacial score (nSPS) is 24.3. The highest BCUT2D eigenvalue weighted by Crippen LogP contribution is 2.51. The van der Waals surface area contributed by atoms with Crippen molar-refractivity contribution in [3.8, 4) is 11.5 Å². The summed E-state index contributed by atoms with van der Waals surface area (Å²) in [6, 6.07) is 15.7. The van der Waals surface area contributed by atoms with Gasteiger partial charge in [-0.2, -0.15) is 0 Å². The molecule has 1 saturated heterocycles. The summed E-state index contributed by atoms with van der Waals surface area (Å²) in [7, 11) is 0. The molecule has 1 aromatic heterocycles. The van der Waals surface area contributed by atoms with Gasteiger partial charge in [0.05, 0.1) is 29.6 Å². The number of para-hydroxylation sites is 1. The first-order valence-corrected chi connectivity index (χ1v) is 12.7. The fraction of sp³-hybridized carbons (Fsp3) is 0.269. The van der Waals surface area contributed by atoms with Gasteiger partial charge < -0.3 is 25.8 Å². The van der Waals surface area contributed by atoms with E-state index in [2.05, 4.69) is 20.9 Å². The van der Waals surface area contributed by atoms with Crippen LogP contribution in [0.1, 0.15) is 17.2 Å². The largest absolute Gasteiger partial charge is 0.457 e. The van der Waals surface area contributed by atoms with Gasteiger partial charge in [0.25, 0.3) is 0 Å². The number of anilines is 2. The number of rotatable bonds is 5. The Labute approximate surface area is 212 Å². The Hall–Kier alpha value is -3.60. The fourth-order valence-corrected chi connectivity index (χ4v) is 6.14. The maximum Gasteiger partial charge on any atom is 0.327 e. The number of ether oxygens (including phenoxy) is 1. The third-order valence-corrected chi connectivity index (χ3v) is 7.95. The second-order valence-electron chi connectivity index (χ2n) is 9.05. The highest BCUT2D eigenvalue weighted by Gasteiger charge is 2.47. The van der Waals surface area contributed by atoms with Crippen LogP contribution in [-0.4, -0.2) is 52.5 Å². The van der Waals surface area contributed by atoms with Crippen LogP contribution in [0.3, 0.4) is 0 Å². The van der Waals surface area contributed by atoms with Crippen molar-refractivity contribution in [2.45, 2.75) is 35.4 Å². The van der Waals surface area contributed by atoms with Crippen LogP contribution in [0.2, 0.25) is 0 Å². The highest BCUT2D eigenvalue weighted by molar-refractivity contribution is 8.01. The molecule has 4 heterocycles. The van der Waals surface area contributed by atoms with Crippen molar-refractivity contribution in [2.24, 2.45) is 0 Å². The van der Waals surface area contributed by atoms with Crippen LogP contribution in [0.5, 0.6) is 11.5 Å². The Kier molecular flexibility index (Phi) is 5.79. The van der Waals surface area contributed by atoms with E-state index in [1.54, 1.807) is 11.1 Å². The first kappa shape index (κ1) is 22.8. The number of nitrogens with one attached hydrogen (secondary N) is 3. The highest BCUT2D eigenvalue weighted by atomic mass is 32.2. The summed E-state index contributed by atoms with van der Waals surface area (Å²) < 4.78 is 5.95. The Morgan fingerprint density at radius 1 is 1.14 bits per heavy atom. The number of hydrogen-bond acceptors (Lipinski definition) is 7. The van der Waals surface area contributed by atoms with E-state index >= 15 is 0 Å². The quantitative estimate of drug-likeness (QED) is 0.423. The lowest BCUT2D eigenvalue weighted by Crippen LogP contribution is -2.51. The third kappa shape index (κ3) is 3.97. The number of thioether (sulfide) groups is 1. The van der Waals surface area contributed by atoms with E-state index in [0.717, 1.165) is 27.6 Å². The summed E-state index contributed by atoms with van der Waals surface area (Å²) in [5, 5.41) is 19.2. The number of urea groups is 1. The number of aromatic nitrogens is 1. The minimum atomic E-state index is -0.635. The summed E-state index contributed by atoms with van der Waals surface area (Å²) in [6.07, 6.45) is 1.03. The van der Waals surface area contributed by atoms with Gasteiger partial charge in [-0.25, -0.2) is 9.78 Å². The maximum atomic E-state index is 13.4. The van der Waals surface area contributed by atoms with Crippen LogP contribution < -0.4 is 25.6 Å². The van der Waals surface area contributed by atoms with Crippen molar-refractivity contribution in [1.82, 2.24) is 20.9 Å². The second-order valence-corrected chi connectivity index (χ2v) is 10.2. The van der Waals surface area contributed by atoms with E-state index in [1.165, 1.54) is 11.8 Å². The first-order chi connectivity index (χ1) is 17.5. The average molecular weight is 504 g/mol. The molecular formula is C26H25N5O4S. The number of aliphatic hydroxyl groups excluding tert-OH is 1. The van der Waals surface area contributed by atoms with Gasteiger partial charge in [-0.15, -0.1) is 0 Å². The number of β-amino-alcohol motifs (C(OH)–C–C–N with tert-alkyl or cyclic N) is 1. The zero-order chi connectivity index (χ0) is 24.8. The molecule has 0 spiro atoms. The van der Waals surface area contributed by atoms with Crippen molar-refractivity contribution >= 4 is 35.1 Å². The van der Waals surface area contributed by atoms with E-state index < -0.39 is 17.4 Å². The van der Waals surface area contributed by atoms with Crippen LogP contribution in [0, 0.1) is 6.92 Å². The molecule has 3 aliphatic heterocycles. The van der Waals surface area contributed by atoms with E-state index in [9.17, 15) is 14.7 Å². The molecule has 3 aliphatic rings. The lowest BCUT2D eigenvalue weighted by molar-refractivity contribution is -0.122. The monoisotopic (exact) mass is 503 g/mol. The SMILES string of the molecule is Cc1cc(Oc2ccccc2)ccc1N1C(=O)NC2c3c1ccnc3SC2C(=O)N[C@H]1CNC[C@@H]1O. The van der Waals surface area contributed by atoms with E-state index in [1.807, 2.05) is 61.5 Å². The molecule has 0 radical (unpaired) electrons. The van der Waals surface area contributed by atoms with Gasteiger partial charge in [-0.05, 0) is 48.9 Å². The molecule has 4 atom stereocenters. The third-order valence-electron chi connectivity index (χ3n) is 6.66. The number of aryl methyl sites for hydroxylation is 1. The van der Waals surface area contributed by atoms with Crippen molar-refractivity contribution in [3.05, 3.63) is 71.9 Å². The predicted molar refractivity (Wildman–Crippen MR) is 136 cm³/mol. The number of hydrogen-bond donors (Lipinski definition) is 4. The predicted octanol–water partition coefficient (Wildman–Crippen LogP) is 3.01. The summed E-state index contributed by atoms with van der Waals surface area (Å²) in [5.74, 6) is 1.18. The van der Waals surface area contributed by atoms with E-state index in [4.69, 9.17) is 4.74 Å². The van der Waals surface area contributed by atoms with Crippen molar-refractivity contribution in [1.29, 1.82) is 0 Å². The summed E-state index contributed by atoms with van der Waals surface area (Å²) in [6.45, 7) is 2.88. The van der Waals surface area contributed by atoms with Crippen LogP contribution in [0.25, 0.3) is 0 Å². The van der Waals surface area contributed by atoms with Gasteiger partial charge >= 0.3 is 6.03 Å². The molecule has 2 aromatic carbocycles. The van der Waals surface area contributed by atoms with Crippen molar-refractivity contribution in [2.75, 3.05) is 18.0 Å². The van der Waals surface area contributed by atoms with E-state index in [0.29, 0.717) is 24.5 Å². The van der Waals surface area contributed by atoms with Crippen molar-refractivity contribution < 1.29 is 19.4 Å². The number of carbonyl (C=O) groups excluding carboxylic acids is 2. The molecule has 3 aromatic rings. The lowest BCUT2D eigenvalue weighted by Gasteiger charge is -2.35. The van der Waals surface area contributed by atoms with Gasteiger partial charge in [0.2, 0.25) is 5.91 Å². The van der Waals surface area contributed by atoms with Crippen LogP contribution >= 0.6 is 11.8 Å². The van der Waals surface area contributed by atoms with Crippen LogP contribution in [0.15, 0.2) is 65.8 Å². The molecule has 184 valence electrons. The average Bonchev–Trinajstić information content (AvgIpc) is 3.45. The number of carbonyl (C=O) groups is 2. The molecule has 6 rings (SSSR count). The standard InChI is InChI=1S/C26H25N5O4S/c1-14-11-16(35-15-5-3-2-4-6-15)7-8-18(14)31-19-9-10-28-25-21(19)22(30-26(31)34)23(36-25)24(33)29-17-12-27-13-20(17)32/h2-11,17,20,22-23,27,32H,12-13H2,1H3,(H,29,33)(H,30,34)/t17-,20-,22?,23?/m0/s1. The number of amides is 3. The second kappa shape index (κ2) is 9.12. The Morgan fingerprint density at radius 3 is 2.72 bits per heavy atom. The molecule has 2 unspecified atom stereocenters. The van der Waals surface area contributed by atoms with E-state index in [-0.39, 0.29) is 18.0 Å². The topological polar surface area (TPSA) is 116 Å². The number of benzene rings is 2. The van der Waals surface area contributed by atoms with Gasteiger partial charge in [-0.3, -0.25) is 9.69 Å². The molecule has 3 amide bonds. The molecule has 0 bridgehead atoms. The number of nitrogens with zero attached hydrogens (tertiary/aromatic N) is 2. The van der Waals surface area contributed by atoms with Crippen LogP contribution in [0.4, 0.5) is 16.2 Å². The smallest absolute Gasteiger partial charge is 0.327 e. The van der Waals surface area contributed by atoms with Gasteiger partial charge in [0.15, 0.2) is 0 Å². The molecule has 10 heteroatoms. The minimum absolute atomic E-state index is 0.228. The zero-order valence-electron chi connectivity index (χ0n) is 19.5. The van der Waals surface area contributed by atoms with Crippen LogP contribution in [-0.2, 0) is 4.79 Å². The summed E-state index contributed by atoms with van der Waals surface area (Å²) >= 11 is 1.34. The van der Waals surface area contributed by atoms with Crippen molar-refractivity contribution in [3.63, 3.8) is 0 Å². The molecule has 0 aliphatic carbocycles. The first-order valence-electron chi connectivity index (χ1n) is 11.8. The number of pyridine rings is 1. The zero-order valence-corrected chi connectivity index (χ0v) is 20.3.